The van der Waals surface area contributed by atoms with Gasteiger partial charge >= 0.3 is 5.97 Å². The van der Waals surface area contributed by atoms with Crippen molar-refractivity contribution in [2.45, 2.75) is 11.4 Å². The summed E-state index contributed by atoms with van der Waals surface area (Å²) >= 11 is 4.22. The summed E-state index contributed by atoms with van der Waals surface area (Å²) in [4.78, 5) is 11.7. The summed E-state index contributed by atoms with van der Waals surface area (Å²) in [6, 6.07) is 9.90. The third kappa shape index (κ3) is 2.41. The number of carbonyl (C=O) groups excluding carboxylic acids is 1. The number of methoxy groups -OCH3 is 1. The van der Waals surface area contributed by atoms with Crippen LogP contribution in [-0.4, -0.2) is 22.9 Å². The smallest absolute Gasteiger partial charge is 0.342 e. The zero-order chi connectivity index (χ0) is 13.1. The molecule has 1 aromatic heterocycles. The van der Waals surface area contributed by atoms with E-state index in [0.29, 0.717) is 17.0 Å². The van der Waals surface area contributed by atoms with E-state index in [0.717, 1.165) is 11.3 Å². The highest BCUT2D eigenvalue weighted by molar-refractivity contribution is 7.80. The first-order valence-electron chi connectivity index (χ1n) is 5.50. The maximum atomic E-state index is 11.7. The van der Waals surface area contributed by atoms with Crippen molar-refractivity contribution in [3.63, 3.8) is 0 Å². The van der Waals surface area contributed by atoms with Gasteiger partial charge in [0.1, 0.15) is 10.6 Å². The van der Waals surface area contributed by atoms with Crippen molar-refractivity contribution in [3.05, 3.63) is 47.2 Å². The SMILES string of the molecule is COC(=O)c1c(S)nn(C)c1Cc1ccccc1. The highest BCUT2D eigenvalue weighted by atomic mass is 32.1. The van der Waals surface area contributed by atoms with Crippen LogP contribution in [0.3, 0.4) is 0 Å². The summed E-state index contributed by atoms with van der Waals surface area (Å²) < 4.78 is 6.44. The van der Waals surface area contributed by atoms with Crippen LogP contribution in [0.2, 0.25) is 0 Å². The van der Waals surface area contributed by atoms with Gasteiger partial charge in [-0.25, -0.2) is 4.79 Å². The monoisotopic (exact) mass is 262 g/mol. The molecule has 18 heavy (non-hydrogen) atoms. The van der Waals surface area contributed by atoms with Crippen LogP contribution in [0.5, 0.6) is 0 Å². The second kappa shape index (κ2) is 5.27. The van der Waals surface area contributed by atoms with Gasteiger partial charge in [-0.1, -0.05) is 30.3 Å². The number of carbonyl (C=O) groups is 1. The molecule has 1 aromatic carbocycles. The van der Waals surface area contributed by atoms with E-state index in [9.17, 15) is 4.79 Å². The zero-order valence-corrected chi connectivity index (χ0v) is 11.1. The molecule has 0 aliphatic rings. The van der Waals surface area contributed by atoms with Crippen LogP contribution in [0.4, 0.5) is 0 Å². The summed E-state index contributed by atoms with van der Waals surface area (Å²) in [5.74, 6) is -0.404. The van der Waals surface area contributed by atoms with Gasteiger partial charge in [-0.05, 0) is 5.56 Å². The van der Waals surface area contributed by atoms with Crippen LogP contribution < -0.4 is 0 Å². The lowest BCUT2D eigenvalue weighted by Crippen LogP contribution is -2.08. The van der Waals surface area contributed by atoms with Gasteiger partial charge in [0.25, 0.3) is 0 Å². The first-order chi connectivity index (χ1) is 8.63. The minimum Gasteiger partial charge on any atom is -0.465 e. The maximum Gasteiger partial charge on any atom is 0.342 e. The topological polar surface area (TPSA) is 44.1 Å². The van der Waals surface area contributed by atoms with Crippen molar-refractivity contribution in [2.75, 3.05) is 7.11 Å². The Morgan fingerprint density at radius 2 is 2.06 bits per heavy atom. The normalized spacial score (nSPS) is 10.4. The van der Waals surface area contributed by atoms with Gasteiger partial charge in [-0.15, -0.1) is 12.6 Å². The van der Waals surface area contributed by atoms with E-state index in [2.05, 4.69) is 17.7 Å². The number of aromatic nitrogens is 2. The molecule has 0 saturated heterocycles. The third-order valence-electron chi connectivity index (χ3n) is 2.75. The number of aryl methyl sites for hydroxylation is 1. The predicted octanol–water partition coefficient (Wildman–Crippen LogP) is 2.09. The molecule has 0 saturated carbocycles. The molecule has 4 nitrogen and oxygen atoms in total. The molecule has 0 atom stereocenters. The Kier molecular flexibility index (Phi) is 3.72. The van der Waals surface area contributed by atoms with Crippen LogP contribution in [0, 0.1) is 0 Å². The number of hydrogen-bond donors (Lipinski definition) is 1. The second-order valence-electron chi connectivity index (χ2n) is 3.92. The number of hydrogen-bond acceptors (Lipinski definition) is 4. The lowest BCUT2D eigenvalue weighted by Gasteiger charge is -2.05. The Bertz CT molecular complexity index is 564. The maximum absolute atomic E-state index is 11.7. The number of benzene rings is 1. The molecule has 0 unspecified atom stereocenters. The lowest BCUT2D eigenvalue weighted by molar-refractivity contribution is 0.0595. The van der Waals surface area contributed by atoms with Crippen LogP contribution in [0.25, 0.3) is 0 Å². The van der Waals surface area contributed by atoms with Crippen molar-refractivity contribution >= 4 is 18.6 Å². The largest absolute Gasteiger partial charge is 0.465 e. The summed E-state index contributed by atoms with van der Waals surface area (Å²) in [6.07, 6.45) is 0.620. The fraction of sp³-hybridized carbons (Fsp3) is 0.231. The number of ether oxygens (including phenoxy) is 1. The summed E-state index contributed by atoms with van der Waals surface area (Å²) in [7, 11) is 3.15. The molecule has 0 fully saturated rings. The minimum atomic E-state index is -0.404. The molecule has 1 heterocycles. The molecule has 5 heteroatoms. The second-order valence-corrected chi connectivity index (χ2v) is 4.35. The van der Waals surface area contributed by atoms with E-state index in [1.54, 1.807) is 11.7 Å². The average molecular weight is 262 g/mol. The molecule has 0 N–H and O–H groups in total. The van der Waals surface area contributed by atoms with Gasteiger partial charge in [0.15, 0.2) is 0 Å². The number of thiol groups is 1. The van der Waals surface area contributed by atoms with Crippen molar-refractivity contribution in [1.82, 2.24) is 9.78 Å². The summed E-state index contributed by atoms with van der Waals surface area (Å²) in [5.41, 5.74) is 2.35. The predicted molar refractivity (Wildman–Crippen MR) is 71.0 cm³/mol. The van der Waals surface area contributed by atoms with Crippen molar-refractivity contribution in [3.8, 4) is 0 Å². The Morgan fingerprint density at radius 3 is 2.67 bits per heavy atom. The van der Waals surface area contributed by atoms with Crippen molar-refractivity contribution in [1.29, 1.82) is 0 Å². The Balaban J connectivity index is 2.41. The first-order valence-corrected chi connectivity index (χ1v) is 5.95. The van der Waals surface area contributed by atoms with Crippen molar-refractivity contribution < 1.29 is 9.53 Å². The lowest BCUT2D eigenvalue weighted by atomic mass is 10.1. The minimum absolute atomic E-state index is 0.398. The van der Waals surface area contributed by atoms with Gasteiger partial charge in [0.05, 0.1) is 12.8 Å². The summed E-state index contributed by atoms with van der Waals surface area (Å²) in [6.45, 7) is 0. The molecule has 0 aliphatic heterocycles. The molecule has 0 bridgehead atoms. The Hall–Kier alpha value is -1.75. The van der Waals surface area contributed by atoms with E-state index < -0.39 is 5.97 Å². The van der Waals surface area contributed by atoms with E-state index >= 15 is 0 Å². The van der Waals surface area contributed by atoms with Crippen molar-refractivity contribution in [2.24, 2.45) is 7.05 Å². The number of nitrogens with zero attached hydrogens (tertiary/aromatic N) is 2. The molecule has 0 amide bonds. The van der Waals surface area contributed by atoms with Crippen LogP contribution in [-0.2, 0) is 18.2 Å². The van der Waals surface area contributed by atoms with Gasteiger partial charge in [0.2, 0.25) is 0 Å². The van der Waals surface area contributed by atoms with Crippen LogP contribution >= 0.6 is 12.6 Å². The highest BCUT2D eigenvalue weighted by Crippen LogP contribution is 2.21. The van der Waals surface area contributed by atoms with E-state index in [-0.39, 0.29) is 0 Å². The van der Waals surface area contributed by atoms with Gasteiger partial charge in [0, 0.05) is 13.5 Å². The molecule has 0 radical (unpaired) electrons. The Labute approximate surface area is 111 Å². The zero-order valence-electron chi connectivity index (χ0n) is 10.3. The molecule has 94 valence electrons. The van der Waals surface area contributed by atoms with E-state index in [4.69, 9.17) is 4.74 Å². The van der Waals surface area contributed by atoms with Gasteiger partial charge in [-0.2, -0.15) is 5.10 Å². The van der Waals surface area contributed by atoms with Gasteiger partial charge in [-0.3, -0.25) is 4.68 Å². The third-order valence-corrected chi connectivity index (χ3v) is 3.06. The van der Waals surface area contributed by atoms with Crippen LogP contribution in [0.15, 0.2) is 35.4 Å². The molecular weight excluding hydrogens is 248 g/mol. The molecule has 2 rings (SSSR count). The molecular formula is C13H14N2O2S. The number of esters is 1. The average Bonchev–Trinajstić information content (AvgIpc) is 2.65. The van der Waals surface area contributed by atoms with Gasteiger partial charge < -0.3 is 4.74 Å². The number of rotatable bonds is 3. The summed E-state index contributed by atoms with van der Waals surface area (Å²) in [5, 5.41) is 4.55. The first kappa shape index (κ1) is 12.7. The standard InChI is InChI=1S/C13H14N2O2S/c1-15-10(8-9-6-4-3-5-7-9)11(12(18)14-15)13(16)17-2/h3-7H,8H2,1-2H3,(H,14,18). The van der Waals surface area contributed by atoms with Crippen LogP contribution in [0.1, 0.15) is 21.6 Å². The molecule has 2 aromatic rings. The van der Waals surface area contributed by atoms with E-state index in [1.165, 1.54) is 7.11 Å². The molecule has 0 spiro atoms. The highest BCUT2D eigenvalue weighted by Gasteiger charge is 2.21. The fourth-order valence-electron chi connectivity index (χ4n) is 1.85. The van der Waals surface area contributed by atoms with E-state index in [1.807, 2.05) is 30.3 Å². The quantitative estimate of drug-likeness (QED) is 0.680. The Morgan fingerprint density at radius 1 is 1.39 bits per heavy atom. The molecule has 0 aliphatic carbocycles. The fourth-order valence-corrected chi connectivity index (χ4v) is 2.20.